The largest absolute Gasteiger partial charge is 0.443 e. The Morgan fingerprint density at radius 3 is 3.09 bits per heavy atom. The van der Waals surface area contributed by atoms with E-state index in [0.717, 1.165) is 0 Å². The molecule has 0 saturated carbocycles. The van der Waals surface area contributed by atoms with Gasteiger partial charge in [0.25, 0.3) is 0 Å². The maximum absolute atomic E-state index is 5.03. The molecule has 0 aliphatic heterocycles. The van der Waals surface area contributed by atoms with Crippen LogP contribution in [-0.4, -0.2) is 9.97 Å². The molecule has 0 aliphatic rings. The molecule has 3 nitrogen and oxygen atoms in total. The van der Waals surface area contributed by atoms with Crippen molar-refractivity contribution in [2.24, 2.45) is 0 Å². The van der Waals surface area contributed by atoms with Crippen LogP contribution in [-0.2, 0) is 0 Å². The molecule has 0 amide bonds. The van der Waals surface area contributed by atoms with Crippen molar-refractivity contribution in [3.05, 3.63) is 36.9 Å². The monoisotopic (exact) mass is 145 g/mol. The maximum atomic E-state index is 5.03. The Morgan fingerprint density at radius 2 is 2.45 bits per heavy atom. The second-order valence-electron chi connectivity index (χ2n) is 1.99. The van der Waals surface area contributed by atoms with Crippen LogP contribution < -0.4 is 0 Å². The van der Waals surface area contributed by atoms with E-state index in [0.29, 0.717) is 11.6 Å². The van der Waals surface area contributed by atoms with Gasteiger partial charge >= 0.3 is 0 Å². The van der Waals surface area contributed by atoms with Gasteiger partial charge in [0.2, 0.25) is 5.89 Å². The molecule has 0 saturated heterocycles. The Labute approximate surface area is 63.7 Å². The second kappa shape index (κ2) is 2.54. The molecule has 0 unspecified atom stereocenters. The Morgan fingerprint density at radius 1 is 1.45 bits per heavy atom. The van der Waals surface area contributed by atoms with E-state index in [2.05, 4.69) is 16.2 Å². The van der Waals surface area contributed by atoms with Gasteiger partial charge in [-0.2, -0.15) is 0 Å². The number of pyridine rings is 1. The molecule has 2 rings (SSSR count). The average molecular weight is 145 g/mol. The summed E-state index contributed by atoms with van der Waals surface area (Å²) in [6, 6.07) is 5.39. The van der Waals surface area contributed by atoms with Gasteiger partial charge in [-0.15, -0.1) is 0 Å². The van der Waals surface area contributed by atoms with Gasteiger partial charge in [0.1, 0.15) is 12.0 Å². The molecule has 0 bridgehead atoms. The Balaban J connectivity index is 2.46. The van der Waals surface area contributed by atoms with Crippen LogP contribution in [0.15, 0.2) is 35.1 Å². The molecule has 2 aromatic rings. The van der Waals surface area contributed by atoms with Crippen molar-refractivity contribution >= 4 is 0 Å². The van der Waals surface area contributed by atoms with Crippen molar-refractivity contribution in [1.82, 2.24) is 9.97 Å². The lowest BCUT2D eigenvalue weighted by Crippen LogP contribution is -1.80. The highest BCUT2D eigenvalue weighted by Crippen LogP contribution is 2.11. The Hall–Kier alpha value is -1.64. The highest BCUT2D eigenvalue weighted by atomic mass is 16.3. The SMILES string of the molecule is [c]1cccc(-c2ncco2)n1. The number of aromatic nitrogens is 2. The smallest absolute Gasteiger partial charge is 0.245 e. The van der Waals surface area contributed by atoms with Crippen molar-refractivity contribution in [2.75, 3.05) is 0 Å². The molecule has 0 atom stereocenters. The summed E-state index contributed by atoms with van der Waals surface area (Å²) in [5.74, 6) is 0.529. The molecular formula is C8H5N2O. The normalized spacial score (nSPS) is 9.82. The van der Waals surface area contributed by atoms with Gasteiger partial charge in [0.15, 0.2) is 0 Å². The summed E-state index contributed by atoms with van der Waals surface area (Å²) in [5, 5.41) is 0. The van der Waals surface area contributed by atoms with E-state index in [1.807, 2.05) is 12.1 Å². The van der Waals surface area contributed by atoms with Gasteiger partial charge in [0, 0.05) is 0 Å². The van der Waals surface area contributed by atoms with Crippen molar-refractivity contribution in [3.63, 3.8) is 0 Å². The fourth-order valence-electron chi connectivity index (χ4n) is 0.795. The highest BCUT2D eigenvalue weighted by molar-refractivity contribution is 5.44. The third-order valence-electron chi connectivity index (χ3n) is 1.26. The molecule has 0 N–H and O–H groups in total. The second-order valence-corrected chi connectivity index (χ2v) is 1.99. The number of oxazole rings is 1. The molecule has 0 aliphatic carbocycles. The van der Waals surface area contributed by atoms with Gasteiger partial charge in [0.05, 0.1) is 12.4 Å². The number of nitrogens with zero attached hydrogens (tertiary/aromatic N) is 2. The summed E-state index contributed by atoms with van der Waals surface area (Å²) in [5.41, 5.74) is 0.706. The van der Waals surface area contributed by atoms with E-state index >= 15 is 0 Å². The minimum absolute atomic E-state index is 0.529. The summed E-state index contributed by atoms with van der Waals surface area (Å²) in [4.78, 5) is 7.88. The molecule has 2 aromatic heterocycles. The van der Waals surface area contributed by atoms with Crippen molar-refractivity contribution in [2.45, 2.75) is 0 Å². The van der Waals surface area contributed by atoms with Crippen LogP contribution in [0.4, 0.5) is 0 Å². The van der Waals surface area contributed by atoms with E-state index in [1.165, 1.54) is 6.26 Å². The average Bonchev–Trinajstić information content (AvgIpc) is 2.58. The summed E-state index contributed by atoms with van der Waals surface area (Å²) < 4.78 is 5.03. The molecule has 3 heteroatoms. The van der Waals surface area contributed by atoms with Gasteiger partial charge in [-0.1, -0.05) is 6.07 Å². The summed E-state index contributed by atoms with van der Waals surface area (Å²) >= 11 is 0. The summed E-state index contributed by atoms with van der Waals surface area (Å²) in [6.07, 6.45) is 5.80. The Kier molecular flexibility index (Phi) is 1.41. The molecule has 0 fully saturated rings. The Bertz CT molecular complexity index is 315. The fourth-order valence-corrected chi connectivity index (χ4v) is 0.795. The summed E-state index contributed by atoms with van der Waals surface area (Å²) in [6.45, 7) is 0. The van der Waals surface area contributed by atoms with Crippen LogP contribution in [0.1, 0.15) is 0 Å². The molecule has 0 aromatic carbocycles. The molecule has 2 heterocycles. The topological polar surface area (TPSA) is 38.9 Å². The number of rotatable bonds is 1. The molecule has 0 spiro atoms. The summed E-state index contributed by atoms with van der Waals surface area (Å²) in [7, 11) is 0. The minimum Gasteiger partial charge on any atom is -0.443 e. The first-order valence-electron chi connectivity index (χ1n) is 3.20. The van der Waals surface area contributed by atoms with Crippen LogP contribution in [0.2, 0.25) is 0 Å². The van der Waals surface area contributed by atoms with E-state index in [4.69, 9.17) is 4.42 Å². The van der Waals surface area contributed by atoms with Crippen molar-refractivity contribution < 1.29 is 4.42 Å². The van der Waals surface area contributed by atoms with Crippen LogP contribution in [0.5, 0.6) is 0 Å². The van der Waals surface area contributed by atoms with Gasteiger partial charge in [-0.05, 0) is 12.1 Å². The number of hydrogen-bond donors (Lipinski definition) is 0. The van der Waals surface area contributed by atoms with Crippen LogP contribution >= 0.6 is 0 Å². The molecule has 1 radical (unpaired) electrons. The lowest BCUT2D eigenvalue weighted by molar-refractivity contribution is 0.572. The van der Waals surface area contributed by atoms with Gasteiger partial charge in [-0.3, -0.25) is 0 Å². The lowest BCUT2D eigenvalue weighted by Gasteiger charge is -1.89. The first kappa shape index (κ1) is 6.09. The van der Waals surface area contributed by atoms with Crippen molar-refractivity contribution in [1.29, 1.82) is 0 Å². The third-order valence-corrected chi connectivity index (χ3v) is 1.26. The number of hydrogen-bond acceptors (Lipinski definition) is 3. The van der Waals surface area contributed by atoms with E-state index < -0.39 is 0 Å². The zero-order chi connectivity index (χ0) is 7.52. The highest BCUT2D eigenvalue weighted by Gasteiger charge is 2.00. The van der Waals surface area contributed by atoms with Gasteiger partial charge in [-0.25, -0.2) is 9.97 Å². The van der Waals surface area contributed by atoms with E-state index in [-0.39, 0.29) is 0 Å². The van der Waals surface area contributed by atoms with Crippen LogP contribution in [0.25, 0.3) is 11.6 Å². The molecular weight excluding hydrogens is 140 g/mol. The molecule has 11 heavy (non-hydrogen) atoms. The first-order chi connectivity index (χ1) is 5.47. The van der Waals surface area contributed by atoms with E-state index in [9.17, 15) is 0 Å². The maximum Gasteiger partial charge on any atom is 0.245 e. The predicted octanol–water partition coefficient (Wildman–Crippen LogP) is 1.54. The lowest BCUT2D eigenvalue weighted by atomic mass is 10.3. The molecule has 53 valence electrons. The fraction of sp³-hybridized carbons (Fsp3) is 0. The predicted molar refractivity (Wildman–Crippen MR) is 38.6 cm³/mol. The van der Waals surface area contributed by atoms with Crippen LogP contribution in [0, 0.1) is 6.20 Å². The zero-order valence-electron chi connectivity index (χ0n) is 5.69. The third kappa shape index (κ3) is 1.12. The standard InChI is InChI=1S/C8H5N2O/c1-2-4-9-7(3-1)8-10-5-6-11-8/h1-3,5-6H. The quantitative estimate of drug-likeness (QED) is 0.610. The first-order valence-corrected chi connectivity index (χ1v) is 3.20. The van der Waals surface area contributed by atoms with Gasteiger partial charge < -0.3 is 4.42 Å². The van der Waals surface area contributed by atoms with Crippen molar-refractivity contribution in [3.8, 4) is 11.6 Å². The zero-order valence-corrected chi connectivity index (χ0v) is 5.69. The van der Waals surface area contributed by atoms with Crippen LogP contribution in [0.3, 0.4) is 0 Å². The minimum atomic E-state index is 0.529. The van der Waals surface area contributed by atoms with E-state index in [1.54, 1.807) is 12.3 Å².